The zero-order valence-electron chi connectivity index (χ0n) is 19.5. The lowest BCUT2D eigenvalue weighted by Gasteiger charge is -2.37. The molecule has 7 nitrogen and oxygen atoms in total. The largest absolute Gasteiger partial charge is 0.444 e. The molecule has 2 fully saturated rings. The molecule has 0 radical (unpaired) electrons. The molecule has 3 rings (SSSR count). The molecule has 1 aromatic carbocycles. The molecule has 0 spiro atoms. The van der Waals surface area contributed by atoms with Crippen LogP contribution in [0.15, 0.2) is 24.3 Å². The number of ether oxygens (including phenoxy) is 1. The van der Waals surface area contributed by atoms with Crippen molar-refractivity contribution >= 4 is 21.8 Å². The van der Waals surface area contributed by atoms with Gasteiger partial charge in [-0.3, -0.25) is 0 Å². The first-order chi connectivity index (χ1) is 14.5. The molecule has 0 aliphatic carbocycles. The lowest BCUT2D eigenvalue weighted by Crippen LogP contribution is -2.49. The molecule has 31 heavy (non-hydrogen) atoms. The van der Waals surface area contributed by atoms with Crippen molar-refractivity contribution in [2.75, 3.05) is 45.2 Å². The smallest absolute Gasteiger partial charge is 0.410 e. The average Bonchev–Trinajstić information content (AvgIpc) is 2.73. The standard InChI is InChI=1S/C23H37N3O4S/c1-23(2,3)30-22(27)25-14-12-21(13-15-25)31(28,29)26-16-10-19(11-17-26)18-6-8-20(9-7-18)24(4)5/h6-9,19,21H,10-17H2,1-5H3. The van der Waals surface area contributed by atoms with E-state index in [1.807, 2.05) is 34.9 Å². The van der Waals surface area contributed by atoms with Crippen molar-refractivity contribution in [1.29, 1.82) is 0 Å². The number of amides is 1. The number of carbonyl (C=O) groups is 1. The number of nitrogens with zero attached hydrogens (tertiary/aromatic N) is 3. The number of rotatable bonds is 4. The van der Waals surface area contributed by atoms with E-state index in [0.717, 1.165) is 12.8 Å². The fraction of sp³-hybridized carbons (Fsp3) is 0.696. The summed E-state index contributed by atoms with van der Waals surface area (Å²) >= 11 is 0. The third kappa shape index (κ3) is 5.92. The monoisotopic (exact) mass is 451 g/mol. The Bertz CT molecular complexity index is 846. The predicted octanol–water partition coefficient (Wildman–Crippen LogP) is 3.66. The SMILES string of the molecule is CN(C)c1ccc(C2CCN(S(=O)(=O)C3CCN(C(=O)OC(C)(C)C)CC3)CC2)cc1. The number of likely N-dealkylation sites (tertiary alicyclic amines) is 1. The Morgan fingerprint density at radius 3 is 2.00 bits per heavy atom. The van der Waals surface area contributed by atoms with Crippen molar-refractivity contribution < 1.29 is 17.9 Å². The Hall–Kier alpha value is -1.80. The van der Waals surface area contributed by atoms with Gasteiger partial charge in [-0.1, -0.05) is 12.1 Å². The highest BCUT2D eigenvalue weighted by molar-refractivity contribution is 7.89. The molecule has 1 amide bonds. The van der Waals surface area contributed by atoms with E-state index in [4.69, 9.17) is 4.74 Å². The number of anilines is 1. The minimum atomic E-state index is -3.35. The highest BCUT2D eigenvalue weighted by Gasteiger charge is 2.38. The molecule has 2 saturated heterocycles. The van der Waals surface area contributed by atoms with Gasteiger partial charge in [-0.2, -0.15) is 0 Å². The van der Waals surface area contributed by atoms with Crippen LogP contribution >= 0.6 is 0 Å². The molecule has 2 aliphatic heterocycles. The second-order valence-corrected chi connectivity index (χ2v) is 12.1. The Morgan fingerprint density at radius 1 is 0.968 bits per heavy atom. The lowest BCUT2D eigenvalue weighted by molar-refractivity contribution is 0.0216. The van der Waals surface area contributed by atoms with Gasteiger partial charge in [0, 0.05) is 46.0 Å². The van der Waals surface area contributed by atoms with Gasteiger partial charge in [0.25, 0.3) is 0 Å². The van der Waals surface area contributed by atoms with Gasteiger partial charge in [-0.05, 0) is 70.1 Å². The Kier molecular flexibility index (Phi) is 7.21. The summed E-state index contributed by atoms with van der Waals surface area (Å²) in [5.41, 5.74) is 1.91. The summed E-state index contributed by atoms with van der Waals surface area (Å²) in [6.45, 7) is 7.48. The first-order valence-electron chi connectivity index (χ1n) is 11.2. The Morgan fingerprint density at radius 2 is 1.52 bits per heavy atom. The Labute approximate surface area is 187 Å². The highest BCUT2D eigenvalue weighted by Crippen LogP contribution is 2.32. The van der Waals surface area contributed by atoms with Gasteiger partial charge in [0.1, 0.15) is 5.60 Å². The number of hydrogen-bond acceptors (Lipinski definition) is 5. The normalized spacial score (nSPS) is 20.0. The zero-order valence-corrected chi connectivity index (χ0v) is 20.3. The van der Waals surface area contributed by atoms with Crippen LogP contribution in [0.2, 0.25) is 0 Å². The van der Waals surface area contributed by atoms with E-state index in [-0.39, 0.29) is 6.09 Å². The van der Waals surface area contributed by atoms with Crippen LogP contribution in [0, 0.1) is 0 Å². The maximum absolute atomic E-state index is 13.2. The quantitative estimate of drug-likeness (QED) is 0.699. The van der Waals surface area contributed by atoms with Crippen molar-refractivity contribution in [3.8, 4) is 0 Å². The maximum Gasteiger partial charge on any atom is 0.410 e. The van der Waals surface area contributed by atoms with Gasteiger partial charge < -0.3 is 14.5 Å². The first kappa shape index (κ1) is 23.9. The van der Waals surface area contributed by atoms with Crippen molar-refractivity contribution in [1.82, 2.24) is 9.21 Å². The van der Waals surface area contributed by atoms with Crippen LogP contribution in [-0.4, -0.2) is 74.8 Å². The lowest BCUT2D eigenvalue weighted by atomic mass is 9.90. The highest BCUT2D eigenvalue weighted by atomic mass is 32.2. The fourth-order valence-electron chi connectivity index (χ4n) is 4.36. The second-order valence-electron chi connectivity index (χ2n) is 9.87. The van der Waals surface area contributed by atoms with Crippen LogP contribution in [0.1, 0.15) is 57.9 Å². The molecular formula is C23H37N3O4S. The number of piperidine rings is 2. The van der Waals surface area contributed by atoms with E-state index < -0.39 is 20.9 Å². The number of benzene rings is 1. The van der Waals surface area contributed by atoms with E-state index in [1.165, 1.54) is 11.3 Å². The molecule has 2 aliphatic rings. The average molecular weight is 452 g/mol. The van der Waals surface area contributed by atoms with Gasteiger partial charge in [-0.15, -0.1) is 0 Å². The van der Waals surface area contributed by atoms with Gasteiger partial charge in [0.2, 0.25) is 10.0 Å². The summed E-state index contributed by atoms with van der Waals surface area (Å²) in [7, 11) is 0.703. The zero-order chi connectivity index (χ0) is 22.8. The first-order valence-corrected chi connectivity index (χ1v) is 12.7. The number of carbonyl (C=O) groups excluding carboxylic acids is 1. The number of hydrogen-bond donors (Lipinski definition) is 0. The maximum atomic E-state index is 13.2. The molecule has 0 N–H and O–H groups in total. The third-order valence-electron chi connectivity index (χ3n) is 6.21. The van der Waals surface area contributed by atoms with Gasteiger partial charge in [0.15, 0.2) is 0 Å². The van der Waals surface area contributed by atoms with Crippen molar-refractivity contribution in [3.63, 3.8) is 0 Å². The summed E-state index contributed by atoms with van der Waals surface area (Å²) in [5.74, 6) is 0.400. The minimum absolute atomic E-state index is 0.357. The fourth-order valence-corrected chi connectivity index (χ4v) is 6.31. The van der Waals surface area contributed by atoms with Crippen molar-refractivity contribution in [3.05, 3.63) is 29.8 Å². The van der Waals surface area contributed by atoms with Crippen molar-refractivity contribution in [2.45, 2.75) is 63.2 Å². The molecule has 174 valence electrons. The molecule has 0 unspecified atom stereocenters. The molecular weight excluding hydrogens is 414 g/mol. The summed E-state index contributed by atoms with van der Waals surface area (Å²) in [5, 5.41) is -0.415. The van der Waals surface area contributed by atoms with Crippen LogP contribution in [0.5, 0.6) is 0 Å². The summed E-state index contributed by atoms with van der Waals surface area (Å²) in [6, 6.07) is 8.57. The van der Waals surface area contributed by atoms with Gasteiger partial charge >= 0.3 is 6.09 Å². The summed E-state index contributed by atoms with van der Waals surface area (Å²) < 4.78 is 33.5. The van der Waals surface area contributed by atoms with E-state index in [0.29, 0.717) is 44.9 Å². The second kappa shape index (κ2) is 9.36. The summed E-state index contributed by atoms with van der Waals surface area (Å²) in [4.78, 5) is 15.9. The van der Waals surface area contributed by atoms with E-state index >= 15 is 0 Å². The topological polar surface area (TPSA) is 70.2 Å². The van der Waals surface area contributed by atoms with E-state index in [2.05, 4.69) is 29.2 Å². The van der Waals surface area contributed by atoms with Crippen LogP contribution in [0.3, 0.4) is 0 Å². The van der Waals surface area contributed by atoms with Crippen LogP contribution in [0.25, 0.3) is 0 Å². The van der Waals surface area contributed by atoms with Crippen LogP contribution in [-0.2, 0) is 14.8 Å². The van der Waals surface area contributed by atoms with E-state index in [9.17, 15) is 13.2 Å². The molecule has 0 saturated carbocycles. The molecule has 0 atom stereocenters. The molecule has 0 bridgehead atoms. The van der Waals surface area contributed by atoms with Crippen LogP contribution in [0.4, 0.5) is 10.5 Å². The van der Waals surface area contributed by atoms with Crippen molar-refractivity contribution in [2.24, 2.45) is 0 Å². The number of sulfonamides is 1. The van der Waals surface area contributed by atoms with Crippen LogP contribution < -0.4 is 4.90 Å². The van der Waals surface area contributed by atoms with E-state index in [1.54, 1.807) is 9.21 Å². The Balaban J connectivity index is 1.53. The molecule has 1 aromatic rings. The van der Waals surface area contributed by atoms with Gasteiger partial charge in [-0.25, -0.2) is 17.5 Å². The summed E-state index contributed by atoms with van der Waals surface area (Å²) in [6.07, 6.45) is 2.26. The third-order valence-corrected chi connectivity index (χ3v) is 8.61. The molecule has 2 heterocycles. The van der Waals surface area contributed by atoms with Gasteiger partial charge in [0.05, 0.1) is 5.25 Å². The predicted molar refractivity (Wildman–Crippen MR) is 124 cm³/mol. The minimum Gasteiger partial charge on any atom is -0.444 e. The molecule has 8 heteroatoms. The molecule has 0 aromatic heterocycles.